The quantitative estimate of drug-likeness (QED) is 0.0421. The molecule has 0 spiro atoms. The molecule has 2 bridgehead atoms. The van der Waals surface area contributed by atoms with Crippen LogP contribution in [-0.2, 0) is 60.7 Å². The van der Waals surface area contributed by atoms with Crippen molar-refractivity contribution in [2.45, 2.75) is 159 Å². The van der Waals surface area contributed by atoms with Crippen molar-refractivity contribution in [2.75, 3.05) is 7.05 Å². The summed E-state index contributed by atoms with van der Waals surface area (Å²) >= 11 is 0. The number of aliphatic hydroxyl groups is 1. The number of amidine groups is 1. The van der Waals surface area contributed by atoms with Crippen LogP contribution in [-0.4, -0.2) is 146 Å². The molecule has 4 rings (SSSR count). The zero-order valence-electron chi connectivity index (χ0n) is 40.9. The van der Waals surface area contributed by atoms with Gasteiger partial charge in [-0.25, -0.2) is 4.79 Å². The molecule has 7 amide bonds. The van der Waals surface area contributed by atoms with Gasteiger partial charge in [0.15, 0.2) is 0 Å². The van der Waals surface area contributed by atoms with Crippen molar-refractivity contribution in [1.82, 2.24) is 36.4 Å². The molecule has 9 atom stereocenters. The van der Waals surface area contributed by atoms with Gasteiger partial charge in [-0.15, -0.1) is 0 Å². The molecule has 2 aliphatic heterocycles. The van der Waals surface area contributed by atoms with E-state index in [1.807, 2.05) is 0 Å². The second-order valence-electron chi connectivity index (χ2n) is 18.4. The summed E-state index contributed by atoms with van der Waals surface area (Å²) in [5.41, 5.74) is 6.85. The van der Waals surface area contributed by atoms with Crippen molar-refractivity contribution < 1.29 is 63.2 Å². The van der Waals surface area contributed by atoms with E-state index in [1.54, 1.807) is 63.2 Å². The Bertz CT molecular complexity index is 2230. The minimum absolute atomic E-state index is 0.000448. The lowest BCUT2D eigenvalue weighted by molar-refractivity contribution is -0.165. The Kier molecular flexibility index (Phi) is 21.3. The van der Waals surface area contributed by atoms with E-state index in [1.165, 1.54) is 26.1 Å². The molecule has 0 saturated carbocycles. The van der Waals surface area contributed by atoms with E-state index < -0.39 is 120 Å². The third-order valence-corrected chi connectivity index (χ3v) is 12.5. The van der Waals surface area contributed by atoms with Gasteiger partial charge in [-0.1, -0.05) is 69.7 Å². The molecule has 11 N–H and O–H groups in total. The molecule has 0 aliphatic carbocycles. The number of aliphatic hydroxyl groups excluding tert-OH is 1. The van der Waals surface area contributed by atoms with Crippen LogP contribution < -0.4 is 32.3 Å². The number of hydrogen-bond donors (Lipinski definition) is 10. The number of amides is 7. The lowest BCUT2D eigenvalue weighted by Gasteiger charge is -2.43. The molecule has 0 aromatic heterocycles. The largest absolute Gasteiger partial charge is 0.508 e. The molecule has 2 fully saturated rings. The fourth-order valence-electron chi connectivity index (χ4n) is 8.46. The first-order valence-electron chi connectivity index (χ1n) is 24.0. The topological polar surface area (TPSA) is 340 Å². The van der Waals surface area contributed by atoms with Crippen LogP contribution in [0.4, 0.5) is 0 Å². The van der Waals surface area contributed by atoms with E-state index in [4.69, 9.17) is 15.9 Å². The van der Waals surface area contributed by atoms with Gasteiger partial charge in [-0.2, -0.15) is 0 Å². The molecule has 2 aromatic carbocycles. The van der Waals surface area contributed by atoms with Crippen molar-refractivity contribution in [2.24, 2.45) is 11.7 Å². The van der Waals surface area contributed by atoms with Gasteiger partial charge in [-0.05, 0) is 81.0 Å². The summed E-state index contributed by atoms with van der Waals surface area (Å²) in [5.74, 6) is -9.56. The number of phenols is 1. The molecule has 71 heavy (non-hydrogen) atoms. The number of ether oxygens (including phenoxy) is 1. The summed E-state index contributed by atoms with van der Waals surface area (Å²) < 4.78 is 5.83. The highest BCUT2D eigenvalue weighted by atomic mass is 16.5. The van der Waals surface area contributed by atoms with Gasteiger partial charge in [0, 0.05) is 26.3 Å². The van der Waals surface area contributed by atoms with Crippen molar-refractivity contribution in [3.8, 4) is 5.75 Å². The van der Waals surface area contributed by atoms with Gasteiger partial charge in [0.05, 0.1) is 12.3 Å². The molecule has 388 valence electrons. The third-order valence-electron chi connectivity index (χ3n) is 12.5. The first-order valence-corrected chi connectivity index (χ1v) is 24.0. The summed E-state index contributed by atoms with van der Waals surface area (Å²) in [4.78, 5) is 128. The van der Waals surface area contributed by atoms with Crippen molar-refractivity contribution in [3.05, 3.63) is 65.7 Å². The molecule has 22 nitrogen and oxygen atoms in total. The maximum atomic E-state index is 15.1. The summed E-state index contributed by atoms with van der Waals surface area (Å²) in [7, 11) is 1.36. The van der Waals surface area contributed by atoms with E-state index in [2.05, 4.69) is 26.6 Å². The molecule has 2 heterocycles. The Morgan fingerprint density at radius 1 is 0.859 bits per heavy atom. The van der Waals surface area contributed by atoms with Crippen LogP contribution in [0.2, 0.25) is 0 Å². The fraction of sp³-hybridized carbons (Fsp3) is 0.551. The second-order valence-corrected chi connectivity index (χ2v) is 18.4. The number of aliphatic carboxylic acids is 1. The van der Waals surface area contributed by atoms with Crippen LogP contribution in [0, 0.1) is 11.3 Å². The highest BCUT2D eigenvalue weighted by Gasteiger charge is 2.46. The van der Waals surface area contributed by atoms with Crippen molar-refractivity contribution in [3.63, 3.8) is 0 Å². The zero-order valence-corrected chi connectivity index (χ0v) is 40.9. The SMILES string of the molecule is CCCC(=O)NC(CC(=O)O)C(=O)NC1C(=O)NC(CCCCC(=N)N)C(=O)NC2CCC(O)N(C2=O)C(Cc2ccccc2)C(=O)N(C)C(CCc2ccc(O)cc2)C(=O)NC(C(C)C)C(=O)OC1C. The molecule has 0 radical (unpaired) electrons. The maximum absolute atomic E-state index is 15.1. The Morgan fingerprint density at radius 2 is 1.54 bits per heavy atom. The first kappa shape index (κ1) is 56.5. The van der Waals surface area contributed by atoms with Crippen molar-refractivity contribution in [1.29, 1.82) is 5.41 Å². The Labute approximate surface area is 412 Å². The Hall–Kier alpha value is -7.10. The summed E-state index contributed by atoms with van der Waals surface area (Å²) in [6.07, 6.45) is -3.36. The van der Waals surface area contributed by atoms with E-state index >= 15 is 4.79 Å². The van der Waals surface area contributed by atoms with Gasteiger partial charge in [-0.3, -0.25) is 43.8 Å². The molecular formula is C49H69N9O13. The van der Waals surface area contributed by atoms with Gasteiger partial charge in [0.1, 0.15) is 60.4 Å². The number of benzene rings is 2. The molecule has 2 aromatic rings. The number of hydrogen-bond acceptors (Lipinski definition) is 13. The highest BCUT2D eigenvalue weighted by molar-refractivity contribution is 5.99. The average molecular weight is 992 g/mol. The number of carbonyl (C=O) groups excluding carboxylic acids is 8. The number of esters is 1. The van der Waals surface area contributed by atoms with Crippen LogP contribution in [0.15, 0.2) is 54.6 Å². The number of carbonyl (C=O) groups is 9. The highest BCUT2D eigenvalue weighted by Crippen LogP contribution is 2.26. The summed E-state index contributed by atoms with van der Waals surface area (Å²) in [6.45, 7) is 6.13. The van der Waals surface area contributed by atoms with E-state index in [0.717, 1.165) is 9.80 Å². The average Bonchev–Trinajstić information content (AvgIpc) is 3.31. The number of aryl methyl sites for hydroxylation is 1. The molecule has 2 saturated heterocycles. The minimum atomic E-state index is -1.87. The van der Waals surface area contributed by atoms with Crippen LogP contribution >= 0.6 is 0 Å². The Balaban J connectivity index is 1.87. The number of nitrogens with zero attached hydrogens (tertiary/aromatic N) is 2. The van der Waals surface area contributed by atoms with Gasteiger partial charge in [0.2, 0.25) is 41.4 Å². The summed E-state index contributed by atoms with van der Waals surface area (Å²) in [5, 5.41) is 51.5. The third kappa shape index (κ3) is 16.5. The van der Waals surface area contributed by atoms with Gasteiger partial charge < -0.3 is 62.2 Å². The second kappa shape index (κ2) is 26.8. The molecule has 2 aliphatic rings. The normalized spacial score (nSPS) is 24.3. The molecular weight excluding hydrogens is 923 g/mol. The monoisotopic (exact) mass is 992 g/mol. The number of nitrogens with one attached hydrogen (secondary N) is 6. The van der Waals surface area contributed by atoms with Gasteiger partial charge >= 0.3 is 11.9 Å². The first-order chi connectivity index (χ1) is 33.6. The van der Waals surface area contributed by atoms with Crippen LogP contribution in [0.3, 0.4) is 0 Å². The number of carboxylic acids is 1. The van der Waals surface area contributed by atoms with Crippen LogP contribution in [0.1, 0.15) is 103 Å². The number of carboxylic acid groups (broad SMARTS) is 1. The molecule has 9 unspecified atom stereocenters. The number of nitrogens with two attached hydrogens (primary N) is 1. The minimum Gasteiger partial charge on any atom is -0.508 e. The number of unbranched alkanes of at least 4 members (excludes halogenated alkanes) is 1. The lowest BCUT2D eigenvalue weighted by Crippen LogP contribution is -2.65. The number of rotatable bonds is 18. The Morgan fingerprint density at radius 3 is 2.15 bits per heavy atom. The standard InChI is InChI=1S/C49H69N9O13/c1-6-12-38(60)52-34(26-40(62)63)44(65)56-42-28(4)71-49(70)41(27(2)3)55-45(66)35(23-19-29-17-20-31(59)21-18-29)57(5)48(69)36(25-30-13-8-7-9-14-30)58-39(61)24-22-33(47(58)68)54-43(64)32(53-46(42)67)15-10-11-16-37(50)51/h7-9,13-14,17-18,20-21,27-28,32-36,39,41-42,59,61H,6,10-12,15-16,19,22-26H2,1-5H3,(H3,50,51)(H,52,60)(H,53,67)(H,54,64)(H,55,66)(H,56,65)(H,62,63). The van der Waals surface area contributed by atoms with Gasteiger partial charge in [0.25, 0.3) is 0 Å². The smallest absolute Gasteiger partial charge is 0.329 e. The van der Waals surface area contributed by atoms with E-state index in [9.17, 15) is 53.7 Å². The zero-order chi connectivity index (χ0) is 52.5. The molecule has 22 heteroatoms. The number of cyclic esters (lactones) is 1. The van der Waals surface area contributed by atoms with Crippen molar-refractivity contribution >= 4 is 59.1 Å². The van der Waals surface area contributed by atoms with E-state index in [-0.39, 0.29) is 69.4 Å². The van der Waals surface area contributed by atoms with Crippen LogP contribution in [0.5, 0.6) is 5.75 Å². The predicted octanol–water partition coefficient (Wildman–Crippen LogP) is 0.500. The fourth-order valence-corrected chi connectivity index (χ4v) is 8.46. The lowest BCUT2D eigenvalue weighted by atomic mass is 9.95. The number of fused-ring (bicyclic) bond motifs is 2. The summed E-state index contributed by atoms with van der Waals surface area (Å²) in [6, 6.07) is 4.22. The number of aromatic hydroxyl groups is 1. The number of piperidine rings is 1. The number of likely N-dealkylation sites (N-methyl/N-ethyl adjacent to an activating group) is 1. The predicted molar refractivity (Wildman–Crippen MR) is 257 cm³/mol. The van der Waals surface area contributed by atoms with E-state index in [0.29, 0.717) is 24.0 Å². The van der Waals surface area contributed by atoms with Crippen LogP contribution in [0.25, 0.3) is 0 Å². The number of phenolic OH excluding ortho intramolecular Hbond substituents is 1. The maximum Gasteiger partial charge on any atom is 0.329 e.